The van der Waals surface area contributed by atoms with Gasteiger partial charge in [0.15, 0.2) is 0 Å². The predicted octanol–water partition coefficient (Wildman–Crippen LogP) is 2.89. The minimum Gasteiger partial charge on any atom is -0.326 e. The molecule has 0 bridgehead atoms. The number of carbonyl (C=O) groups excluding carboxylic acids is 2. The summed E-state index contributed by atoms with van der Waals surface area (Å²) < 4.78 is 0. The van der Waals surface area contributed by atoms with Gasteiger partial charge in [-0.2, -0.15) is 0 Å². The van der Waals surface area contributed by atoms with Gasteiger partial charge in [0.25, 0.3) is 0 Å². The maximum Gasteiger partial charge on any atom is 0.224 e. The van der Waals surface area contributed by atoms with E-state index in [0.29, 0.717) is 0 Å². The molecule has 1 rings (SSSR count). The number of benzene rings is 1. The van der Waals surface area contributed by atoms with Gasteiger partial charge < -0.3 is 5.32 Å². The average Bonchev–Trinajstić information content (AvgIpc) is 2.26. The lowest BCUT2D eigenvalue weighted by Crippen LogP contribution is -2.12. The zero-order valence-corrected chi connectivity index (χ0v) is 10.4. The van der Waals surface area contributed by atoms with E-state index in [2.05, 4.69) is 5.32 Å². The van der Waals surface area contributed by atoms with Crippen molar-refractivity contribution in [3.63, 3.8) is 0 Å². The Morgan fingerprint density at radius 1 is 1.38 bits per heavy atom. The Morgan fingerprint density at radius 3 is 2.75 bits per heavy atom. The van der Waals surface area contributed by atoms with Gasteiger partial charge in [-0.1, -0.05) is 6.07 Å². The fourth-order valence-electron chi connectivity index (χ4n) is 1.14. The fourth-order valence-corrected chi connectivity index (χ4v) is 1.69. The molecule has 0 saturated carbocycles. The van der Waals surface area contributed by atoms with Crippen molar-refractivity contribution in [2.45, 2.75) is 17.7 Å². The predicted molar refractivity (Wildman–Crippen MR) is 66.9 cm³/mol. The van der Waals surface area contributed by atoms with E-state index in [1.165, 1.54) is 0 Å². The van der Waals surface area contributed by atoms with Gasteiger partial charge in [0, 0.05) is 23.4 Å². The molecule has 1 aromatic carbocycles. The minimum absolute atomic E-state index is 0.0651. The molecule has 0 aliphatic carbocycles. The highest BCUT2D eigenvalue weighted by molar-refractivity contribution is 7.98. The molecule has 16 heavy (non-hydrogen) atoms. The molecule has 0 unspecified atom stereocenters. The molecule has 1 N–H and O–H groups in total. The van der Waals surface area contributed by atoms with Crippen LogP contribution in [0.15, 0.2) is 29.2 Å². The molecule has 0 aliphatic rings. The first-order valence-electron chi connectivity index (χ1n) is 4.74. The highest BCUT2D eigenvalue weighted by atomic mass is 35.5. The number of halogens is 1. The van der Waals surface area contributed by atoms with Crippen LogP contribution in [0, 0.1) is 0 Å². The third-order valence-corrected chi connectivity index (χ3v) is 2.82. The lowest BCUT2D eigenvalue weighted by molar-refractivity contribution is -0.119. The van der Waals surface area contributed by atoms with Gasteiger partial charge in [-0.3, -0.25) is 9.59 Å². The summed E-state index contributed by atoms with van der Waals surface area (Å²) in [7, 11) is 0. The van der Waals surface area contributed by atoms with Crippen molar-refractivity contribution < 1.29 is 9.59 Å². The second kappa shape index (κ2) is 6.55. The monoisotopic (exact) mass is 257 g/mol. The first kappa shape index (κ1) is 13.1. The van der Waals surface area contributed by atoms with Crippen LogP contribution < -0.4 is 5.32 Å². The second-order valence-electron chi connectivity index (χ2n) is 3.14. The van der Waals surface area contributed by atoms with Gasteiger partial charge >= 0.3 is 0 Å². The quantitative estimate of drug-likeness (QED) is 0.652. The van der Waals surface area contributed by atoms with Gasteiger partial charge in [0.1, 0.15) is 0 Å². The summed E-state index contributed by atoms with van der Waals surface area (Å²) >= 11 is 6.75. The normalized spacial score (nSPS) is 9.88. The summed E-state index contributed by atoms with van der Waals surface area (Å²) in [5.74, 6) is -0.202. The number of thioether (sulfide) groups is 1. The van der Waals surface area contributed by atoms with E-state index in [1.807, 2.05) is 24.5 Å². The zero-order chi connectivity index (χ0) is 12.0. The Balaban J connectivity index is 2.52. The highest BCUT2D eigenvalue weighted by Crippen LogP contribution is 2.19. The van der Waals surface area contributed by atoms with Gasteiger partial charge in [0.05, 0.1) is 0 Å². The molecular formula is C11H12ClNO2S. The van der Waals surface area contributed by atoms with Crippen LogP contribution >= 0.6 is 23.4 Å². The number of carbonyl (C=O) groups is 2. The van der Waals surface area contributed by atoms with Gasteiger partial charge in [-0.05, 0) is 36.1 Å². The molecule has 0 atom stereocenters. The van der Waals surface area contributed by atoms with E-state index < -0.39 is 5.24 Å². The third kappa shape index (κ3) is 4.68. The van der Waals surface area contributed by atoms with Gasteiger partial charge in [-0.25, -0.2) is 0 Å². The Bertz CT molecular complexity index is 395. The third-order valence-electron chi connectivity index (χ3n) is 1.90. The van der Waals surface area contributed by atoms with Crippen LogP contribution in [0.2, 0.25) is 0 Å². The number of anilines is 1. The zero-order valence-electron chi connectivity index (χ0n) is 8.83. The topological polar surface area (TPSA) is 46.2 Å². The van der Waals surface area contributed by atoms with Crippen molar-refractivity contribution >= 4 is 40.2 Å². The summed E-state index contributed by atoms with van der Waals surface area (Å²) in [6, 6.07) is 7.52. The molecule has 0 fully saturated rings. The summed E-state index contributed by atoms with van der Waals surface area (Å²) in [6.45, 7) is 0. The van der Waals surface area contributed by atoms with Gasteiger partial charge in [0.2, 0.25) is 11.1 Å². The lowest BCUT2D eigenvalue weighted by Gasteiger charge is -2.05. The lowest BCUT2D eigenvalue weighted by atomic mass is 10.3. The van der Waals surface area contributed by atoms with E-state index in [9.17, 15) is 9.59 Å². The smallest absolute Gasteiger partial charge is 0.224 e. The molecule has 0 heterocycles. The van der Waals surface area contributed by atoms with Crippen LogP contribution in [0.1, 0.15) is 12.8 Å². The van der Waals surface area contributed by atoms with E-state index in [4.69, 9.17) is 11.6 Å². The standard InChI is InChI=1S/C11H12ClNO2S/c1-16-9-4-2-3-8(7-9)13-11(15)6-5-10(12)14/h2-4,7H,5-6H2,1H3,(H,13,15). The van der Waals surface area contributed by atoms with Crippen LogP contribution in [0.3, 0.4) is 0 Å². The van der Waals surface area contributed by atoms with Crippen molar-refractivity contribution in [3.05, 3.63) is 24.3 Å². The van der Waals surface area contributed by atoms with Crippen LogP contribution in [0.4, 0.5) is 5.69 Å². The SMILES string of the molecule is CSc1cccc(NC(=O)CCC(=O)Cl)c1. The summed E-state index contributed by atoms with van der Waals surface area (Å²) in [4.78, 5) is 22.9. The van der Waals surface area contributed by atoms with Crippen LogP contribution in [-0.4, -0.2) is 17.4 Å². The number of hydrogen-bond donors (Lipinski definition) is 1. The van der Waals surface area contributed by atoms with E-state index >= 15 is 0 Å². The van der Waals surface area contributed by atoms with E-state index in [-0.39, 0.29) is 18.7 Å². The molecule has 3 nitrogen and oxygen atoms in total. The number of amides is 1. The van der Waals surface area contributed by atoms with E-state index in [0.717, 1.165) is 10.6 Å². The average molecular weight is 258 g/mol. The van der Waals surface area contributed by atoms with E-state index in [1.54, 1.807) is 17.8 Å². The molecule has 86 valence electrons. The Morgan fingerprint density at radius 2 is 2.12 bits per heavy atom. The van der Waals surface area contributed by atoms with Crippen LogP contribution in [0.5, 0.6) is 0 Å². The molecule has 0 radical (unpaired) electrons. The molecule has 1 aromatic rings. The minimum atomic E-state index is -0.493. The maximum atomic E-state index is 11.4. The number of rotatable bonds is 5. The molecule has 5 heteroatoms. The number of nitrogens with one attached hydrogen (secondary N) is 1. The molecule has 0 aliphatic heterocycles. The van der Waals surface area contributed by atoms with Crippen LogP contribution in [0.25, 0.3) is 0 Å². The summed E-state index contributed by atoms with van der Waals surface area (Å²) in [5, 5.41) is 2.22. The van der Waals surface area contributed by atoms with Crippen molar-refractivity contribution in [1.29, 1.82) is 0 Å². The first-order chi connectivity index (χ1) is 7.61. The maximum absolute atomic E-state index is 11.4. The first-order valence-corrected chi connectivity index (χ1v) is 6.34. The Kier molecular flexibility index (Phi) is 5.35. The van der Waals surface area contributed by atoms with Crippen LogP contribution in [-0.2, 0) is 9.59 Å². The summed E-state index contributed by atoms with van der Waals surface area (Å²) in [6.07, 6.45) is 2.15. The molecule has 0 spiro atoms. The largest absolute Gasteiger partial charge is 0.326 e. The molecule has 0 saturated heterocycles. The Hall–Kier alpha value is -1.00. The molecule has 1 amide bonds. The van der Waals surface area contributed by atoms with Crippen molar-refractivity contribution in [1.82, 2.24) is 0 Å². The molecule has 0 aromatic heterocycles. The summed E-state index contributed by atoms with van der Waals surface area (Å²) in [5.41, 5.74) is 0.735. The van der Waals surface area contributed by atoms with Crippen molar-refractivity contribution in [3.8, 4) is 0 Å². The fraction of sp³-hybridized carbons (Fsp3) is 0.273. The highest BCUT2D eigenvalue weighted by Gasteiger charge is 2.05. The van der Waals surface area contributed by atoms with Crippen molar-refractivity contribution in [2.24, 2.45) is 0 Å². The van der Waals surface area contributed by atoms with Crippen molar-refractivity contribution in [2.75, 3.05) is 11.6 Å². The van der Waals surface area contributed by atoms with Gasteiger partial charge in [-0.15, -0.1) is 11.8 Å². The second-order valence-corrected chi connectivity index (χ2v) is 4.44. The Labute approximate surface area is 104 Å². The number of hydrogen-bond acceptors (Lipinski definition) is 3. The molecular weight excluding hydrogens is 246 g/mol.